The van der Waals surface area contributed by atoms with E-state index in [1.54, 1.807) is 7.11 Å². The van der Waals surface area contributed by atoms with E-state index < -0.39 is 0 Å². The topological polar surface area (TPSA) is 66.7 Å². The van der Waals surface area contributed by atoms with Crippen LogP contribution in [-0.4, -0.2) is 53.9 Å². The molecule has 7 nitrogen and oxygen atoms in total. The molecule has 2 aromatic rings. The maximum atomic E-state index is 5.46. The number of guanidine groups is 1. The maximum Gasteiger partial charge on any atom is 0.191 e. The summed E-state index contributed by atoms with van der Waals surface area (Å²) in [6, 6.07) is 8.71. The number of nitrogens with zero attached hydrogens (tertiary/aromatic N) is 4. The van der Waals surface area contributed by atoms with Crippen LogP contribution >= 0.6 is 0 Å². The molecule has 0 amide bonds. The lowest BCUT2D eigenvalue weighted by Gasteiger charge is -2.29. The van der Waals surface area contributed by atoms with Gasteiger partial charge in [0.2, 0.25) is 0 Å². The SMILES string of the molecule is CCNC(=NCc1c(C)nn(C)c1C)NCC(c1cccc(OC)c1)N1CCCC1. The van der Waals surface area contributed by atoms with Gasteiger partial charge >= 0.3 is 0 Å². The van der Waals surface area contributed by atoms with Gasteiger partial charge in [-0.25, -0.2) is 4.99 Å². The van der Waals surface area contributed by atoms with E-state index in [-0.39, 0.29) is 6.04 Å². The van der Waals surface area contributed by atoms with E-state index >= 15 is 0 Å². The molecule has 1 aliphatic rings. The van der Waals surface area contributed by atoms with Crippen LogP contribution < -0.4 is 15.4 Å². The minimum atomic E-state index is 0.285. The van der Waals surface area contributed by atoms with E-state index in [1.807, 2.05) is 24.7 Å². The summed E-state index contributed by atoms with van der Waals surface area (Å²) in [6.45, 7) is 10.7. The van der Waals surface area contributed by atoms with Crippen LogP contribution in [0.1, 0.15) is 48.3 Å². The van der Waals surface area contributed by atoms with Gasteiger partial charge in [-0.1, -0.05) is 12.1 Å². The van der Waals surface area contributed by atoms with Crippen molar-refractivity contribution >= 4 is 5.96 Å². The highest BCUT2D eigenvalue weighted by Crippen LogP contribution is 2.27. The number of aryl methyl sites for hydroxylation is 2. The number of aliphatic imine (C=N–C) groups is 1. The van der Waals surface area contributed by atoms with Gasteiger partial charge in [-0.05, 0) is 64.4 Å². The molecular weight excluding hydrogens is 376 g/mol. The fourth-order valence-corrected chi connectivity index (χ4v) is 4.10. The van der Waals surface area contributed by atoms with Crippen molar-refractivity contribution in [3.05, 3.63) is 46.8 Å². The van der Waals surface area contributed by atoms with Gasteiger partial charge < -0.3 is 15.4 Å². The maximum absolute atomic E-state index is 5.46. The van der Waals surface area contributed by atoms with Crippen LogP contribution in [0.2, 0.25) is 0 Å². The highest BCUT2D eigenvalue weighted by Gasteiger charge is 2.24. The number of methoxy groups -OCH3 is 1. The van der Waals surface area contributed by atoms with Crippen LogP contribution in [0.15, 0.2) is 29.3 Å². The van der Waals surface area contributed by atoms with Crippen molar-refractivity contribution in [1.29, 1.82) is 0 Å². The summed E-state index contributed by atoms with van der Waals surface area (Å²) in [5.74, 6) is 1.74. The monoisotopic (exact) mass is 412 g/mol. The first-order chi connectivity index (χ1) is 14.5. The van der Waals surface area contributed by atoms with Gasteiger partial charge in [0.25, 0.3) is 0 Å². The summed E-state index contributed by atoms with van der Waals surface area (Å²) in [5.41, 5.74) is 4.68. The van der Waals surface area contributed by atoms with Crippen molar-refractivity contribution in [3.63, 3.8) is 0 Å². The summed E-state index contributed by atoms with van der Waals surface area (Å²) in [6.07, 6.45) is 2.52. The highest BCUT2D eigenvalue weighted by molar-refractivity contribution is 5.79. The predicted octanol–water partition coefficient (Wildman–Crippen LogP) is 2.94. The summed E-state index contributed by atoms with van der Waals surface area (Å²) < 4.78 is 7.38. The molecule has 3 rings (SSSR count). The van der Waals surface area contributed by atoms with E-state index in [0.29, 0.717) is 6.54 Å². The third-order valence-corrected chi connectivity index (χ3v) is 5.92. The normalized spacial score (nSPS) is 16.0. The first-order valence-corrected chi connectivity index (χ1v) is 10.9. The average molecular weight is 413 g/mol. The Bertz CT molecular complexity index is 853. The molecule has 2 heterocycles. The standard InChI is InChI=1S/C23H36N6O/c1-6-24-23(25-15-21-17(2)27-28(4)18(21)3)26-16-22(29-12-7-8-13-29)19-10-9-11-20(14-19)30-5/h9-11,14,22H,6-8,12-13,15-16H2,1-5H3,(H2,24,25,26). The third-order valence-electron chi connectivity index (χ3n) is 5.92. The van der Waals surface area contributed by atoms with Crippen LogP contribution in [-0.2, 0) is 13.6 Å². The average Bonchev–Trinajstić information content (AvgIpc) is 3.35. The molecule has 1 aliphatic heterocycles. The molecule has 30 heavy (non-hydrogen) atoms. The molecule has 0 aliphatic carbocycles. The molecule has 1 aromatic carbocycles. The fourth-order valence-electron chi connectivity index (χ4n) is 4.10. The first kappa shape index (κ1) is 22.2. The second-order valence-corrected chi connectivity index (χ2v) is 7.88. The molecule has 2 N–H and O–H groups in total. The lowest BCUT2D eigenvalue weighted by Crippen LogP contribution is -2.42. The molecule has 0 radical (unpaired) electrons. The molecule has 1 aromatic heterocycles. The van der Waals surface area contributed by atoms with E-state index in [2.05, 4.69) is 52.7 Å². The molecule has 0 bridgehead atoms. The number of rotatable bonds is 8. The molecule has 0 spiro atoms. The van der Waals surface area contributed by atoms with E-state index in [1.165, 1.54) is 29.7 Å². The number of nitrogens with one attached hydrogen (secondary N) is 2. The van der Waals surface area contributed by atoms with Gasteiger partial charge in [-0.15, -0.1) is 0 Å². The van der Waals surface area contributed by atoms with Gasteiger partial charge in [-0.3, -0.25) is 9.58 Å². The number of hydrogen-bond acceptors (Lipinski definition) is 4. The molecule has 0 saturated carbocycles. The third kappa shape index (κ3) is 5.33. The van der Waals surface area contributed by atoms with Crippen LogP contribution in [0, 0.1) is 13.8 Å². The Balaban J connectivity index is 1.75. The van der Waals surface area contributed by atoms with Crippen molar-refractivity contribution in [3.8, 4) is 5.75 Å². The molecule has 164 valence electrons. The minimum absolute atomic E-state index is 0.285. The molecule has 1 saturated heterocycles. The Kier molecular flexibility index (Phi) is 7.74. The van der Waals surface area contributed by atoms with Crippen molar-refractivity contribution in [2.75, 3.05) is 33.3 Å². The smallest absolute Gasteiger partial charge is 0.191 e. The van der Waals surface area contributed by atoms with Crippen LogP contribution in [0.3, 0.4) is 0 Å². The number of hydrogen-bond donors (Lipinski definition) is 2. The van der Waals surface area contributed by atoms with Gasteiger partial charge in [0, 0.05) is 31.4 Å². The zero-order chi connectivity index (χ0) is 21.5. The van der Waals surface area contributed by atoms with Crippen molar-refractivity contribution in [2.45, 2.75) is 46.2 Å². The Hall–Kier alpha value is -2.54. The number of aromatic nitrogens is 2. The molecule has 7 heteroatoms. The van der Waals surface area contributed by atoms with Crippen molar-refractivity contribution in [1.82, 2.24) is 25.3 Å². The molecule has 1 fully saturated rings. The summed E-state index contributed by atoms with van der Waals surface area (Å²) >= 11 is 0. The Morgan fingerprint density at radius 2 is 2.00 bits per heavy atom. The summed E-state index contributed by atoms with van der Waals surface area (Å²) in [5, 5.41) is 11.5. The van der Waals surface area contributed by atoms with Crippen molar-refractivity contribution in [2.24, 2.45) is 12.0 Å². The van der Waals surface area contributed by atoms with Gasteiger partial charge in [-0.2, -0.15) is 5.10 Å². The first-order valence-electron chi connectivity index (χ1n) is 10.9. The number of benzene rings is 1. The quantitative estimate of drug-likeness (QED) is 0.515. The van der Waals surface area contributed by atoms with Gasteiger partial charge in [0.1, 0.15) is 5.75 Å². The molecular formula is C23H36N6O. The Labute approximate surface area is 180 Å². The summed E-state index contributed by atoms with van der Waals surface area (Å²) in [7, 11) is 3.70. The molecule has 1 atom stereocenters. The van der Waals surface area contributed by atoms with Gasteiger partial charge in [0.05, 0.1) is 25.4 Å². The van der Waals surface area contributed by atoms with Crippen molar-refractivity contribution < 1.29 is 4.74 Å². The van der Waals surface area contributed by atoms with E-state index in [4.69, 9.17) is 9.73 Å². The number of ether oxygens (including phenoxy) is 1. The second kappa shape index (κ2) is 10.5. The zero-order valence-electron chi connectivity index (χ0n) is 19.0. The van der Waals surface area contributed by atoms with Crippen LogP contribution in [0.5, 0.6) is 5.75 Å². The molecule has 1 unspecified atom stereocenters. The van der Waals surface area contributed by atoms with Crippen LogP contribution in [0.25, 0.3) is 0 Å². The largest absolute Gasteiger partial charge is 0.497 e. The van der Waals surface area contributed by atoms with E-state index in [0.717, 1.165) is 43.6 Å². The zero-order valence-corrected chi connectivity index (χ0v) is 19.0. The lowest BCUT2D eigenvalue weighted by atomic mass is 10.1. The lowest BCUT2D eigenvalue weighted by molar-refractivity contribution is 0.245. The Morgan fingerprint density at radius 1 is 1.23 bits per heavy atom. The van der Waals surface area contributed by atoms with Gasteiger partial charge in [0.15, 0.2) is 5.96 Å². The second-order valence-electron chi connectivity index (χ2n) is 7.88. The fraction of sp³-hybridized carbons (Fsp3) is 0.565. The van der Waals surface area contributed by atoms with Crippen LogP contribution in [0.4, 0.5) is 0 Å². The van der Waals surface area contributed by atoms with E-state index in [9.17, 15) is 0 Å². The minimum Gasteiger partial charge on any atom is -0.497 e. The number of likely N-dealkylation sites (tertiary alicyclic amines) is 1. The Morgan fingerprint density at radius 3 is 2.63 bits per heavy atom. The predicted molar refractivity (Wildman–Crippen MR) is 122 cm³/mol. The summed E-state index contributed by atoms with van der Waals surface area (Å²) in [4.78, 5) is 7.40. The highest BCUT2D eigenvalue weighted by atomic mass is 16.5.